The lowest BCUT2D eigenvalue weighted by Crippen LogP contribution is -2.38. The Hall–Kier alpha value is -1.27. The highest BCUT2D eigenvalue weighted by Gasteiger charge is 2.26. The van der Waals surface area contributed by atoms with E-state index >= 15 is 0 Å². The molecule has 0 bridgehead atoms. The van der Waals surface area contributed by atoms with Crippen molar-refractivity contribution in [3.63, 3.8) is 0 Å². The third kappa shape index (κ3) is 3.14. The zero-order valence-corrected chi connectivity index (χ0v) is 11.9. The van der Waals surface area contributed by atoms with Crippen molar-refractivity contribution in [1.29, 1.82) is 0 Å². The van der Waals surface area contributed by atoms with Gasteiger partial charge in [-0.25, -0.2) is 0 Å². The summed E-state index contributed by atoms with van der Waals surface area (Å²) in [5, 5.41) is -1.02. The number of hydrogen-bond acceptors (Lipinski definition) is 4. The van der Waals surface area contributed by atoms with Crippen molar-refractivity contribution in [3.8, 4) is 5.75 Å². The topological polar surface area (TPSA) is 66.8 Å². The summed E-state index contributed by atoms with van der Waals surface area (Å²) in [7, 11) is -2.60. The van der Waals surface area contributed by atoms with Crippen LogP contribution in [0.1, 0.15) is 19.4 Å². The molecule has 5 nitrogen and oxygen atoms in total. The largest absolute Gasteiger partial charge is 0.495 e. The van der Waals surface area contributed by atoms with Crippen LogP contribution in [0.15, 0.2) is 18.2 Å². The Bertz CT molecular complexity index is 513. The highest BCUT2D eigenvalue weighted by molar-refractivity contribution is 7.86. The molecule has 1 atom stereocenters. The van der Waals surface area contributed by atoms with Crippen molar-refractivity contribution in [3.05, 3.63) is 23.8 Å². The first-order chi connectivity index (χ1) is 8.31. The van der Waals surface area contributed by atoms with Gasteiger partial charge in [0.05, 0.1) is 12.8 Å². The first-order valence-corrected chi connectivity index (χ1v) is 7.19. The Morgan fingerprint density at radius 2 is 2.06 bits per heavy atom. The van der Waals surface area contributed by atoms with Gasteiger partial charge < -0.3 is 9.64 Å². The Balaban J connectivity index is 3.28. The van der Waals surface area contributed by atoms with E-state index in [1.54, 1.807) is 11.0 Å². The average molecular weight is 273 g/mol. The molecular weight excluding hydrogens is 254 g/mol. The third-order valence-corrected chi connectivity index (χ3v) is 3.97. The lowest BCUT2D eigenvalue weighted by Gasteiger charge is -2.29. The van der Waals surface area contributed by atoms with Gasteiger partial charge in [-0.15, -0.1) is 0 Å². The molecule has 6 heteroatoms. The summed E-state index contributed by atoms with van der Waals surface area (Å²) in [6.07, 6.45) is 0. The molecule has 0 aliphatic rings. The van der Waals surface area contributed by atoms with E-state index in [4.69, 9.17) is 4.74 Å². The van der Waals surface area contributed by atoms with Crippen molar-refractivity contribution in [1.82, 2.24) is 0 Å². The number of methoxy groups -OCH3 is 1. The number of aryl methyl sites for hydroxylation is 1. The van der Waals surface area contributed by atoms with E-state index < -0.39 is 15.5 Å². The zero-order valence-electron chi connectivity index (χ0n) is 11.0. The second-order valence-electron chi connectivity index (χ2n) is 4.08. The van der Waals surface area contributed by atoms with Crippen LogP contribution in [0.2, 0.25) is 0 Å². The quantitative estimate of drug-likeness (QED) is 0.832. The molecule has 0 radical (unpaired) electrons. The van der Waals surface area contributed by atoms with Gasteiger partial charge in [-0.2, -0.15) is 8.42 Å². The number of rotatable bonds is 5. The number of ether oxygens (including phenoxy) is 1. The predicted octanol–water partition coefficient (Wildman–Crippen LogP) is 2.06. The van der Waals surface area contributed by atoms with Crippen molar-refractivity contribution < 1.29 is 17.7 Å². The van der Waals surface area contributed by atoms with Gasteiger partial charge in [0.1, 0.15) is 5.75 Å². The first-order valence-electron chi connectivity index (χ1n) is 5.68. The van der Waals surface area contributed by atoms with Crippen LogP contribution in [0.5, 0.6) is 5.75 Å². The van der Waals surface area contributed by atoms with Crippen LogP contribution in [0, 0.1) is 6.92 Å². The fourth-order valence-corrected chi connectivity index (χ4v) is 2.39. The maximum Gasteiger partial charge on any atom is 0.286 e. The normalized spacial score (nSPS) is 13.2. The summed E-state index contributed by atoms with van der Waals surface area (Å²) in [5.41, 5.74) is 1.65. The van der Waals surface area contributed by atoms with Gasteiger partial charge in [-0.05, 0) is 38.5 Å². The van der Waals surface area contributed by atoms with Crippen molar-refractivity contribution in [2.24, 2.45) is 0 Å². The smallest absolute Gasteiger partial charge is 0.286 e. The first kappa shape index (κ1) is 14.8. The molecule has 1 rings (SSSR count). The maximum absolute atomic E-state index is 11.3. The molecule has 0 spiro atoms. The van der Waals surface area contributed by atoms with Crippen LogP contribution in [0.4, 0.5) is 5.69 Å². The molecule has 0 saturated carbocycles. The molecule has 0 heterocycles. The summed E-state index contributed by atoms with van der Waals surface area (Å²) >= 11 is 0. The fourth-order valence-electron chi connectivity index (χ4n) is 1.81. The van der Waals surface area contributed by atoms with Crippen LogP contribution in [0.25, 0.3) is 0 Å². The van der Waals surface area contributed by atoms with Gasteiger partial charge in [-0.3, -0.25) is 4.55 Å². The zero-order chi connectivity index (χ0) is 13.9. The van der Waals surface area contributed by atoms with E-state index in [1.165, 1.54) is 14.0 Å². The minimum atomic E-state index is -4.13. The van der Waals surface area contributed by atoms with Crippen LogP contribution < -0.4 is 9.64 Å². The summed E-state index contributed by atoms with van der Waals surface area (Å²) in [6.45, 7) is 5.62. The van der Waals surface area contributed by atoms with E-state index in [1.807, 2.05) is 26.0 Å². The molecule has 1 aromatic carbocycles. The van der Waals surface area contributed by atoms with Gasteiger partial charge >= 0.3 is 0 Å². The van der Waals surface area contributed by atoms with Crippen LogP contribution >= 0.6 is 0 Å². The minimum absolute atomic E-state index is 0.445. The number of anilines is 1. The van der Waals surface area contributed by atoms with E-state index in [0.717, 1.165) is 5.56 Å². The Kier molecular flexibility index (Phi) is 4.59. The Morgan fingerprint density at radius 3 is 2.50 bits per heavy atom. The van der Waals surface area contributed by atoms with Crippen LogP contribution in [-0.4, -0.2) is 32.0 Å². The lowest BCUT2D eigenvalue weighted by molar-refractivity contribution is 0.413. The summed E-state index contributed by atoms with van der Waals surface area (Å²) < 4.78 is 36.9. The fraction of sp³-hybridized carbons (Fsp3) is 0.500. The maximum atomic E-state index is 11.3. The monoisotopic (exact) mass is 273 g/mol. The van der Waals surface area contributed by atoms with E-state index in [2.05, 4.69) is 0 Å². The molecule has 0 amide bonds. The highest BCUT2D eigenvalue weighted by Crippen LogP contribution is 2.31. The van der Waals surface area contributed by atoms with Crippen molar-refractivity contribution in [2.75, 3.05) is 18.6 Å². The van der Waals surface area contributed by atoms with Crippen molar-refractivity contribution in [2.45, 2.75) is 26.1 Å². The van der Waals surface area contributed by atoms with Gasteiger partial charge in [0.2, 0.25) is 0 Å². The molecule has 18 heavy (non-hydrogen) atoms. The molecule has 1 N–H and O–H groups in total. The molecule has 0 saturated heterocycles. The van der Waals surface area contributed by atoms with E-state index in [-0.39, 0.29) is 0 Å². The Morgan fingerprint density at radius 1 is 1.44 bits per heavy atom. The summed E-state index contributed by atoms with van der Waals surface area (Å²) in [5.74, 6) is 0.581. The molecule has 0 fully saturated rings. The van der Waals surface area contributed by atoms with Gasteiger partial charge in [-0.1, -0.05) is 6.07 Å². The van der Waals surface area contributed by atoms with Gasteiger partial charge in [0, 0.05) is 6.54 Å². The average Bonchev–Trinajstić information content (AvgIpc) is 2.29. The number of nitrogens with zero attached hydrogens (tertiary/aromatic N) is 1. The molecule has 0 aliphatic carbocycles. The van der Waals surface area contributed by atoms with Crippen molar-refractivity contribution >= 4 is 15.8 Å². The van der Waals surface area contributed by atoms with E-state index in [0.29, 0.717) is 18.0 Å². The van der Waals surface area contributed by atoms with Crippen LogP contribution in [0.3, 0.4) is 0 Å². The molecular formula is C12H19NO4S. The van der Waals surface area contributed by atoms with E-state index in [9.17, 15) is 13.0 Å². The predicted molar refractivity (Wildman–Crippen MR) is 71.8 cm³/mol. The Labute approximate surface area is 108 Å². The number of hydrogen-bond donors (Lipinski definition) is 1. The second-order valence-corrected chi connectivity index (χ2v) is 5.79. The molecule has 0 aliphatic heterocycles. The number of benzene rings is 1. The third-order valence-electron chi connectivity index (χ3n) is 2.85. The summed E-state index contributed by atoms with van der Waals surface area (Å²) in [6, 6.07) is 5.50. The standard InChI is InChI=1S/C12H19NO4S/c1-5-13(10(3)18(14,15)16)11-8-9(2)6-7-12(11)17-4/h6-8,10H,5H2,1-4H3,(H,14,15,16). The molecule has 0 aromatic heterocycles. The second kappa shape index (κ2) is 5.58. The lowest BCUT2D eigenvalue weighted by atomic mass is 10.2. The highest BCUT2D eigenvalue weighted by atomic mass is 32.2. The SMILES string of the molecule is CCN(c1cc(C)ccc1OC)C(C)S(=O)(=O)O. The molecule has 1 unspecified atom stereocenters. The molecule has 1 aromatic rings. The minimum Gasteiger partial charge on any atom is -0.495 e. The van der Waals surface area contributed by atoms with Gasteiger partial charge in [0.25, 0.3) is 10.1 Å². The van der Waals surface area contributed by atoms with Crippen LogP contribution in [-0.2, 0) is 10.1 Å². The molecule has 102 valence electrons. The van der Waals surface area contributed by atoms with Gasteiger partial charge in [0.15, 0.2) is 5.37 Å². The summed E-state index contributed by atoms with van der Waals surface area (Å²) in [4.78, 5) is 1.58.